The van der Waals surface area contributed by atoms with E-state index in [1.807, 2.05) is 11.9 Å². The number of likely N-dealkylation sites (tertiary alicyclic amines) is 1. The maximum atomic E-state index is 11.2. The Morgan fingerprint density at radius 1 is 1.29 bits per heavy atom. The lowest BCUT2D eigenvalue weighted by Gasteiger charge is -2.37. The Morgan fingerprint density at radius 2 is 1.93 bits per heavy atom. The molecule has 3 nitrogen and oxygen atoms in total. The highest BCUT2D eigenvalue weighted by Gasteiger charge is 2.49. The smallest absolute Gasteiger partial charge is 0.321 e. The number of rotatable bonds is 1. The molecule has 1 aliphatic carbocycles. The van der Waals surface area contributed by atoms with E-state index in [0.29, 0.717) is 0 Å². The lowest BCUT2D eigenvalue weighted by molar-refractivity contribution is -0.146. The van der Waals surface area contributed by atoms with Gasteiger partial charge in [-0.05, 0) is 38.3 Å². The number of carboxylic acid groups (broad SMARTS) is 1. The van der Waals surface area contributed by atoms with Gasteiger partial charge in [-0.15, -0.1) is 0 Å². The summed E-state index contributed by atoms with van der Waals surface area (Å²) in [7, 11) is 1.95. The number of carbonyl (C=O) groups is 1. The van der Waals surface area contributed by atoms with Crippen LogP contribution in [0.5, 0.6) is 0 Å². The maximum absolute atomic E-state index is 11.2. The van der Waals surface area contributed by atoms with Gasteiger partial charge in [-0.3, -0.25) is 9.69 Å². The Labute approximate surface area is 85.1 Å². The van der Waals surface area contributed by atoms with E-state index in [9.17, 15) is 9.90 Å². The molecule has 0 bridgehead atoms. The molecule has 1 N–H and O–H groups in total. The van der Waals surface area contributed by atoms with Gasteiger partial charge in [0, 0.05) is 0 Å². The quantitative estimate of drug-likeness (QED) is 0.696. The van der Waals surface area contributed by atoms with E-state index >= 15 is 0 Å². The fourth-order valence-corrected chi connectivity index (χ4v) is 3.36. The van der Waals surface area contributed by atoms with E-state index in [2.05, 4.69) is 0 Å². The summed E-state index contributed by atoms with van der Waals surface area (Å²) in [4.78, 5) is 13.3. The lowest BCUT2D eigenvalue weighted by atomic mass is 9.69. The summed E-state index contributed by atoms with van der Waals surface area (Å²) in [5.41, 5.74) is 0.110. The van der Waals surface area contributed by atoms with Crippen LogP contribution in [0.4, 0.5) is 0 Å². The SMILES string of the molecule is CN1CCC2(CCCCC2)C1C(=O)O. The molecular weight excluding hydrogens is 178 g/mol. The molecular formula is C11H19NO2. The standard InChI is InChI=1S/C11H19NO2/c1-12-8-7-11(9(12)10(13)14)5-3-2-4-6-11/h9H,2-8H2,1H3,(H,13,14). The van der Waals surface area contributed by atoms with E-state index in [0.717, 1.165) is 25.8 Å². The number of likely N-dealkylation sites (N-methyl/N-ethyl adjacent to an activating group) is 1. The highest BCUT2D eigenvalue weighted by atomic mass is 16.4. The zero-order chi connectivity index (χ0) is 10.2. The first-order valence-electron chi connectivity index (χ1n) is 5.59. The minimum absolute atomic E-state index is 0.110. The van der Waals surface area contributed by atoms with Gasteiger partial charge in [-0.2, -0.15) is 0 Å². The Morgan fingerprint density at radius 3 is 2.50 bits per heavy atom. The molecule has 3 heteroatoms. The van der Waals surface area contributed by atoms with Crippen LogP contribution < -0.4 is 0 Å². The van der Waals surface area contributed by atoms with E-state index in [1.54, 1.807) is 0 Å². The van der Waals surface area contributed by atoms with Crippen LogP contribution in [-0.4, -0.2) is 35.6 Å². The summed E-state index contributed by atoms with van der Waals surface area (Å²) in [5, 5.41) is 9.26. The van der Waals surface area contributed by atoms with Gasteiger partial charge < -0.3 is 5.11 Å². The highest BCUT2D eigenvalue weighted by molar-refractivity contribution is 5.75. The third-order valence-corrected chi connectivity index (χ3v) is 4.07. The van der Waals surface area contributed by atoms with Crippen molar-refractivity contribution in [2.24, 2.45) is 5.41 Å². The van der Waals surface area contributed by atoms with E-state index in [4.69, 9.17) is 0 Å². The van der Waals surface area contributed by atoms with Crippen molar-refractivity contribution in [1.29, 1.82) is 0 Å². The van der Waals surface area contributed by atoms with Gasteiger partial charge in [-0.25, -0.2) is 0 Å². The molecule has 2 fully saturated rings. The molecule has 1 atom stereocenters. The third kappa shape index (κ3) is 1.44. The summed E-state index contributed by atoms with van der Waals surface area (Å²) in [6.07, 6.45) is 7.05. The van der Waals surface area contributed by atoms with Crippen LogP contribution in [0.1, 0.15) is 38.5 Å². The van der Waals surface area contributed by atoms with Crippen molar-refractivity contribution >= 4 is 5.97 Å². The third-order valence-electron chi connectivity index (χ3n) is 4.07. The van der Waals surface area contributed by atoms with Crippen molar-refractivity contribution in [3.63, 3.8) is 0 Å². The van der Waals surface area contributed by atoms with E-state index < -0.39 is 5.97 Å². The molecule has 1 spiro atoms. The fourth-order valence-electron chi connectivity index (χ4n) is 3.36. The van der Waals surface area contributed by atoms with E-state index in [-0.39, 0.29) is 11.5 Å². The molecule has 1 aliphatic heterocycles. The van der Waals surface area contributed by atoms with Crippen molar-refractivity contribution < 1.29 is 9.90 Å². The van der Waals surface area contributed by atoms with Gasteiger partial charge in [0.25, 0.3) is 0 Å². The lowest BCUT2D eigenvalue weighted by Crippen LogP contribution is -2.45. The molecule has 0 radical (unpaired) electrons. The molecule has 1 saturated heterocycles. The molecule has 14 heavy (non-hydrogen) atoms. The van der Waals surface area contributed by atoms with Gasteiger partial charge >= 0.3 is 5.97 Å². The second-order valence-electron chi connectivity index (χ2n) is 4.89. The van der Waals surface area contributed by atoms with Crippen molar-refractivity contribution in [1.82, 2.24) is 4.90 Å². The van der Waals surface area contributed by atoms with Gasteiger partial charge in [0.1, 0.15) is 6.04 Å². The highest BCUT2D eigenvalue weighted by Crippen LogP contribution is 2.47. The second kappa shape index (κ2) is 3.54. The van der Waals surface area contributed by atoms with Crippen molar-refractivity contribution in [2.45, 2.75) is 44.6 Å². The number of hydrogen-bond donors (Lipinski definition) is 1. The second-order valence-corrected chi connectivity index (χ2v) is 4.89. The van der Waals surface area contributed by atoms with Gasteiger partial charge in [0.15, 0.2) is 0 Å². The predicted molar refractivity (Wildman–Crippen MR) is 54.2 cm³/mol. The molecule has 2 rings (SSSR count). The molecule has 0 amide bonds. The molecule has 1 saturated carbocycles. The summed E-state index contributed by atoms with van der Waals surface area (Å²) in [5.74, 6) is -0.619. The van der Waals surface area contributed by atoms with Crippen LogP contribution in [0.3, 0.4) is 0 Å². The van der Waals surface area contributed by atoms with Crippen LogP contribution >= 0.6 is 0 Å². The van der Waals surface area contributed by atoms with Crippen LogP contribution in [0.25, 0.3) is 0 Å². The Kier molecular flexibility index (Phi) is 2.52. The number of hydrogen-bond acceptors (Lipinski definition) is 2. The zero-order valence-corrected chi connectivity index (χ0v) is 8.83. The minimum atomic E-state index is -0.619. The number of aliphatic carboxylic acids is 1. The Balaban J connectivity index is 2.20. The summed E-state index contributed by atoms with van der Waals surface area (Å²) in [6, 6.07) is -0.220. The first kappa shape index (κ1) is 9.97. The van der Waals surface area contributed by atoms with Crippen LogP contribution in [0.15, 0.2) is 0 Å². The first-order chi connectivity index (χ1) is 6.66. The zero-order valence-electron chi connectivity index (χ0n) is 8.83. The first-order valence-corrected chi connectivity index (χ1v) is 5.59. The van der Waals surface area contributed by atoms with Gasteiger partial charge in [0.05, 0.1) is 0 Å². The van der Waals surface area contributed by atoms with Crippen molar-refractivity contribution in [3.8, 4) is 0 Å². The monoisotopic (exact) mass is 197 g/mol. The van der Waals surface area contributed by atoms with Crippen LogP contribution in [0, 0.1) is 5.41 Å². The fraction of sp³-hybridized carbons (Fsp3) is 0.909. The largest absolute Gasteiger partial charge is 0.480 e. The van der Waals surface area contributed by atoms with Gasteiger partial charge in [-0.1, -0.05) is 19.3 Å². The maximum Gasteiger partial charge on any atom is 0.321 e. The number of nitrogens with zero attached hydrogens (tertiary/aromatic N) is 1. The Bertz CT molecular complexity index is 228. The average molecular weight is 197 g/mol. The molecule has 1 unspecified atom stereocenters. The average Bonchev–Trinajstić information content (AvgIpc) is 2.45. The molecule has 80 valence electrons. The van der Waals surface area contributed by atoms with Crippen molar-refractivity contribution in [3.05, 3.63) is 0 Å². The number of carboxylic acids is 1. The summed E-state index contributed by atoms with van der Waals surface area (Å²) < 4.78 is 0. The normalized spacial score (nSPS) is 32.2. The van der Waals surface area contributed by atoms with Crippen LogP contribution in [-0.2, 0) is 4.79 Å². The molecule has 0 aromatic heterocycles. The molecule has 0 aromatic rings. The summed E-state index contributed by atoms with van der Waals surface area (Å²) in [6.45, 7) is 0.955. The topological polar surface area (TPSA) is 40.5 Å². The molecule has 1 heterocycles. The van der Waals surface area contributed by atoms with Crippen molar-refractivity contribution in [2.75, 3.05) is 13.6 Å². The van der Waals surface area contributed by atoms with Gasteiger partial charge in [0.2, 0.25) is 0 Å². The predicted octanol–water partition coefficient (Wildman–Crippen LogP) is 1.73. The Hall–Kier alpha value is -0.570. The minimum Gasteiger partial charge on any atom is -0.480 e. The molecule has 2 aliphatic rings. The summed E-state index contributed by atoms with van der Waals surface area (Å²) >= 11 is 0. The van der Waals surface area contributed by atoms with Crippen LogP contribution in [0.2, 0.25) is 0 Å². The molecule has 0 aromatic carbocycles. The van der Waals surface area contributed by atoms with E-state index in [1.165, 1.54) is 19.3 Å².